The molecule has 1 aromatic rings. The average Bonchev–Trinajstić information content (AvgIpc) is 2.53. The lowest BCUT2D eigenvalue weighted by atomic mass is 10.0. The number of nitrogens with one attached hydrogen (secondary N) is 1. The third-order valence-electron chi connectivity index (χ3n) is 3.49. The highest BCUT2D eigenvalue weighted by molar-refractivity contribution is 5.84. The van der Waals surface area contributed by atoms with Gasteiger partial charge in [-0.3, -0.25) is 4.79 Å². The van der Waals surface area contributed by atoms with E-state index in [2.05, 4.69) is 15.3 Å². The maximum atomic E-state index is 12.7. The summed E-state index contributed by atoms with van der Waals surface area (Å²) in [5.74, 6) is 1.32. The zero-order valence-electron chi connectivity index (χ0n) is 13.4. The smallest absolute Gasteiger partial charge is 0.245 e. The summed E-state index contributed by atoms with van der Waals surface area (Å²) >= 11 is 0. The molecule has 1 unspecified atom stereocenters. The fraction of sp³-hybridized carbons (Fsp3) is 0.667. The van der Waals surface area contributed by atoms with Gasteiger partial charge in [-0.1, -0.05) is 13.8 Å². The fourth-order valence-electron chi connectivity index (χ4n) is 2.30. The Hall–Kier alpha value is -1.89. The Morgan fingerprint density at radius 3 is 2.77 bits per heavy atom. The van der Waals surface area contributed by atoms with Crippen LogP contribution in [-0.2, 0) is 9.53 Å². The van der Waals surface area contributed by atoms with Crippen molar-refractivity contribution < 1.29 is 14.3 Å². The molecule has 7 nitrogen and oxygen atoms in total. The minimum Gasteiger partial charge on any atom is -0.478 e. The highest BCUT2D eigenvalue weighted by atomic mass is 16.5. The van der Waals surface area contributed by atoms with Crippen LogP contribution in [0, 0.1) is 5.92 Å². The van der Waals surface area contributed by atoms with Crippen molar-refractivity contribution in [2.45, 2.75) is 26.8 Å². The van der Waals surface area contributed by atoms with Gasteiger partial charge in [-0.2, -0.15) is 0 Å². The molecule has 0 spiro atoms. The van der Waals surface area contributed by atoms with E-state index in [1.807, 2.05) is 25.7 Å². The van der Waals surface area contributed by atoms with Crippen LogP contribution in [0.2, 0.25) is 0 Å². The molecule has 0 bridgehead atoms. The second kappa shape index (κ2) is 7.93. The predicted octanol–water partition coefficient (Wildman–Crippen LogP) is 1.17. The first-order valence-corrected chi connectivity index (χ1v) is 7.69. The first kappa shape index (κ1) is 16.5. The number of amides is 1. The molecule has 1 amide bonds. The Bertz CT molecular complexity index is 489. The van der Waals surface area contributed by atoms with E-state index in [1.54, 1.807) is 6.07 Å². The molecule has 22 heavy (non-hydrogen) atoms. The van der Waals surface area contributed by atoms with Crippen LogP contribution >= 0.6 is 0 Å². The molecule has 2 rings (SSSR count). The summed E-state index contributed by atoms with van der Waals surface area (Å²) < 4.78 is 10.7. The molecule has 1 aliphatic heterocycles. The fourth-order valence-corrected chi connectivity index (χ4v) is 2.30. The quantitative estimate of drug-likeness (QED) is 0.850. The van der Waals surface area contributed by atoms with Crippen LogP contribution in [0.1, 0.15) is 20.8 Å². The van der Waals surface area contributed by atoms with Crippen molar-refractivity contribution in [3.05, 3.63) is 12.4 Å². The number of morpholine rings is 1. The standard InChI is InChI=1S/C15H24N4O3/c1-4-22-13-9-12(16-10-17-13)18-14(11(2)3)15(20)19-5-7-21-8-6-19/h9-11,14H,4-8H2,1-3H3,(H,16,17,18). The Kier molecular flexibility index (Phi) is 5.94. The van der Waals surface area contributed by atoms with Gasteiger partial charge in [-0.25, -0.2) is 9.97 Å². The summed E-state index contributed by atoms with van der Waals surface area (Å²) in [6.45, 7) is 8.93. The number of carbonyl (C=O) groups is 1. The Labute approximate surface area is 131 Å². The van der Waals surface area contributed by atoms with E-state index >= 15 is 0 Å². The van der Waals surface area contributed by atoms with Crippen LogP contribution in [0.15, 0.2) is 12.4 Å². The number of ether oxygens (including phenoxy) is 2. The van der Waals surface area contributed by atoms with Gasteiger partial charge < -0.3 is 19.7 Å². The first-order valence-electron chi connectivity index (χ1n) is 7.69. The van der Waals surface area contributed by atoms with Gasteiger partial charge in [0.2, 0.25) is 11.8 Å². The van der Waals surface area contributed by atoms with Gasteiger partial charge in [0.1, 0.15) is 18.2 Å². The molecule has 1 saturated heterocycles. The summed E-state index contributed by atoms with van der Waals surface area (Å²) in [4.78, 5) is 22.7. The van der Waals surface area contributed by atoms with Crippen LogP contribution in [0.4, 0.5) is 5.82 Å². The van der Waals surface area contributed by atoms with E-state index in [-0.39, 0.29) is 17.9 Å². The number of anilines is 1. The summed E-state index contributed by atoms with van der Waals surface area (Å²) in [6.07, 6.45) is 1.43. The average molecular weight is 308 g/mol. The summed E-state index contributed by atoms with van der Waals surface area (Å²) in [7, 11) is 0. The maximum absolute atomic E-state index is 12.7. The third-order valence-corrected chi connectivity index (χ3v) is 3.49. The number of carbonyl (C=O) groups excluding carboxylic acids is 1. The van der Waals surface area contributed by atoms with Gasteiger partial charge in [-0.05, 0) is 12.8 Å². The SMILES string of the molecule is CCOc1cc(NC(C(=O)N2CCOCC2)C(C)C)ncn1. The van der Waals surface area contributed by atoms with Crippen LogP contribution in [0.5, 0.6) is 5.88 Å². The van der Waals surface area contributed by atoms with E-state index in [4.69, 9.17) is 9.47 Å². The normalized spacial score (nSPS) is 16.5. The molecule has 1 atom stereocenters. The van der Waals surface area contributed by atoms with Crippen molar-refractivity contribution >= 4 is 11.7 Å². The zero-order chi connectivity index (χ0) is 15.9. The molecule has 1 aliphatic rings. The van der Waals surface area contributed by atoms with Gasteiger partial charge in [0.25, 0.3) is 0 Å². The van der Waals surface area contributed by atoms with E-state index in [9.17, 15) is 4.79 Å². The Morgan fingerprint density at radius 2 is 2.14 bits per heavy atom. The molecular formula is C15H24N4O3. The molecule has 0 aromatic carbocycles. The van der Waals surface area contributed by atoms with Crippen molar-refractivity contribution in [3.8, 4) is 5.88 Å². The van der Waals surface area contributed by atoms with Crippen LogP contribution in [0.25, 0.3) is 0 Å². The van der Waals surface area contributed by atoms with Crippen molar-refractivity contribution in [1.82, 2.24) is 14.9 Å². The lowest BCUT2D eigenvalue weighted by Gasteiger charge is -2.32. The molecule has 122 valence electrons. The van der Waals surface area contributed by atoms with Crippen LogP contribution in [-0.4, -0.2) is 59.7 Å². The third kappa shape index (κ3) is 4.30. The Morgan fingerprint density at radius 1 is 1.41 bits per heavy atom. The summed E-state index contributed by atoms with van der Waals surface area (Å²) in [5, 5.41) is 3.21. The maximum Gasteiger partial charge on any atom is 0.245 e. The van der Waals surface area contributed by atoms with E-state index < -0.39 is 0 Å². The van der Waals surface area contributed by atoms with E-state index in [0.717, 1.165) is 0 Å². The summed E-state index contributed by atoms with van der Waals surface area (Å²) in [5.41, 5.74) is 0. The number of rotatable bonds is 6. The molecule has 2 heterocycles. The van der Waals surface area contributed by atoms with Crippen LogP contribution < -0.4 is 10.1 Å². The number of hydrogen-bond donors (Lipinski definition) is 1. The minimum atomic E-state index is -0.331. The molecule has 0 saturated carbocycles. The van der Waals surface area contributed by atoms with Crippen molar-refractivity contribution in [3.63, 3.8) is 0 Å². The highest BCUT2D eigenvalue weighted by Crippen LogP contribution is 2.16. The molecule has 1 aromatic heterocycles. The van der Waals surface area contributed by atoms with Crippen molar-refractivity contribution in [1.29, 1.82) is 0 Å². The second-order valence-electron chi connectivity index (χ2n) is 5.48. The first-order chi connectivity index (χ1) is 10.6. The van der Waals surface area contributed by atoms with Gasteiger partial charge in [0.05, 0.1) is 19.8 Å². The van der Waals surface area contributed by atoms with Crippen LogP contribution in [0.3, 0.4) is 0 Å². The lowest BCUT2D eigenvalue weighted by molar-refractivity contribution is -0.137. The predicted molar refractivity (Wildman–Crippen MR) is 82.8 cm³/mol. The molecule has 1 fully saturated rings. The largest absolute Gasteiger partial charge is 0.478 e. The monoisotopic (exact) mass is 308 g/mol. The number of hydrogen-bond acceptors (Lipinski definition) is 6. The van der Waals surface area contributed by atoms with E-state index in [1.165, 1.54) is 6.33 Å². The topological polar surface area (TPSA) is 76.6 Å². The number of aromatic nitrogens is 2. The molecular weight excluding hydrogens is 284 g/mol. The van der Waals surface area contributed by atoms with E-state index in [0.29, 0.717) is 44.6 Å². The second-order valence-corrected chi connectivity index (χ2v) is 5.48. The van der Waals surface area contributed by atoms with Gasteiger partial charge in [-0.15, -0.1) is 0 Å². The Balaban J connectivity index is 2.07. The minimum absolute atomic E-state index is 0.0786. The highest BCUT2D eigenvalue weighted by Gasteiger charge is 2.28. The zero-order valence-corrected chi connectivity index (χ0v) is 13.4. The lowest BCUT2D eigenvalue weighted by Crippen LogP contribution is -2.49. The molecule has 0 aliphatic carbocycles. The molecule has 0 radical (unpaired) electrons. The number of nitrogens with zero attached hydrogens (tertiary/aromatic N) is 3. The van der Waals surface area contributed by atoms with Gasteiger partial charge in [0.15, 0.2) is 0 Å². The van der Waals surface area contributed by atoms with Gasteiger partial charge in [0, 0.05) is 19.2 Å². The molecule has 7 heteroatoms. The van der Waals surface area contributed by atoms with Gasteiger partial charge >= 0.3 is 0 Å². The summed E-state index contributed by atoms with van der Waals surface area (Å²) in [6, 6.07) is 1.38. The van der Waals surface area contributed by atoms with Crippen molar-refractivity contribution in [2.75, 3.05) is 38.2 Å². The van der Waals surface area contributed by atoms with Crippen molar-refractivity contribution in [2.24, 2.45) is 5.92 Å². The molecule has 1 N–H and O–H groups in total.